The van der Waals surface area contributed by atoms with Gasteiger partial charge in [0.05, 0.1) is 36.1 Å². The van der Waals surface area contributed by atoms with Gasteiger partial charge in [-0.3, -0.25) is 14.6 Å². The first-order chi connectivity index (χ1) is 13.1. The van der Waals surface area contributed by atoms with E-state index in [1.807, 2.05) is 29.8 Å². The van der Waals surface area contributed by atoms with Crippen molar-refractivity contribution in [3.63, 3.8) is 0 Å². The highest BCUT2D eigenvalue weighted by Gasteiger charge is 2.33. The molecule has 1 aromatic heterocycles. The van der Waals surface area contributed by atoms with E-state index in [9.17, 15) is 4.79 Å². The molecule has 1 atom stereocenters. The monoisotopic (exact) mass is 387 g/mol. The highest BCUT2D eigenvalue weighted by atomic mass is 32.2. The number of ether oxygens (including phenoxy) is 2. The van der Waals surface area contributed by atoms with E-state index in [0.717, 1.165) is 46.3 Å². The summed E-state index contributed by atoms with van der Waals surface area (Å²) in [5, 5.41) is 3.89. The minimum absolute atomic E-state index is 0.0535. The fraction of sp³-hybridized carbons (Fsp3) is 0.500. The lowest BCUT2D eigenvalue weighted by Gasteiger charge is -2.26. The highest BCUT2D eigenvalue weighted by molar-refractivity contribution is 8.14. The minimum Gasteiger partial charge on any atom is -0.497 e. The number of aromatic amines is 1. The van der Waals surface area contributed by atoms with E-state index in [2.05, 4.69) is 5.10 Å². The predicted octanol–water partition coefficient (Wildman–Crippen LogP) is 4.58. The summed E-state index contributed by atoms with van der Waals surface area (Å²) in [5.41, 5.74) is 1.63. The van der Waals surface area contributed by atoms with E-state index in [-0.39, 0.29) is 10.8 Å². The quantitative estimate of drug-likeness (QED) is 0.833. The number of hydrogen-bond acceptors (Lipinski definition) is 5. The molecule has 1 fully saturated rings. The summed E-state index contributed by atoms with van der Waals surface area (Å²) in [6.07, 6.45) is 5.86. The van der Waals surface area contributed by atoms with Crippen LogP contribution in [0.2, 0.25) is 0 Å². The second-order valence-electron chi connectivity index (χ2n) is 7.08. The van der Waals surface area contributed by atoms with Crippen LogP contribution in [0.5, 0.6) is 11.5 Å². The standard InChI is InChI=1S/C20H25N3O3S/c1-12-21-19-17(20(24)22-23(19)13-7-5-4-6-8-13)18(27-12)15-10-9-14(25-2)11-16(15)26-3/h9-11,13,18H,4-8H2,1-3H3,(H,22,24)/t18-/m0/s1. The second-order valence-corrected chi connectivity index (χ2v) is 8.37. The number of thioether (sulfide) groups is 1. The normalized spacial score (nSPS) is 20.1. The maximum atomic E-state index is 12.9. The van der Waals surface area contributed by atoms with Gasteiger partial charge in [0, 0.05) is 11.6 Å². The third kappa shape index (κ3) is 3.29. The summed E-state index contributed by atoms with van der Waals surface area (Å²) in [7, 11) is 3.28. The SMILES string of the molecule is COc1ccc([C@@H]2SC(C)=Nc3c2c(=O)[nH]n3C2CCCCC2)c(OC)c1. The Morgan fingerprint density at radius 1 is 1.19 bits per heavy atom. The summed E-state index contributed by atoms with van der Waals surface area (Å²) < 4.78 is 12.9. The van der Waals surface area contributed by atoms with Crippen molar-refractivity contribution in [2.24, 2.45) is 4.99 Å². The molecule has 2 aromatic rings. The first kappa shape index (κ1) is 18.2. The Labute approximate surface area is 163 Å². The molecule has 1 saturated carbocycles. The molecule has 144 valence electrons. The molecule has 1 aliphatic heterocycles. The Morgan fingerprint density at radius 3 is 2.67 bits per heavy atom. The van der Waals surface area contributed by atoms with Crippen molar-refractivity contribution < 1.29 is 9.47 Å². The molecule has 0 spiro atoms. The van der Waals surface area contributed by atoms with E-state index in [0.29, 0.717) is 6.04 Å². The van der Waals surface area contributed by atoms with Crippen LogP contribution in [-0.4, -0.2) is 29.0 Å². The molecule has 4 rings (SSSR count). The lowest BCUT2D eigenvalue weighted by atomic mass is 9.95. The molecule has 0 bridgehead atoms. The Morgan fingerprint density at radius 2 is 1.96 bits per heavy atom. The lowest BCUT2D eigenvalue weighted by Crippen LogP contribution is -2.16. The van der Waals surface area contributed by atoms with Crippen molar-refractivity contribution in [2.45, 2.75) is 50.3 Å². The number of H-pyrrole nitrogens is 1. The Kier molecular flexibility index (Phi) is 5.04. The van der Waals surface area contributed by atoms with Gasteiger partial charge in [-0.25, -0.2) is 4.99 Å². The van der Waals surface area contributed by atoms with Gasteiger partial charge in [0.25, 0.3) is 5.56 Å². The van der Waals surface area contributed by atoms with Crippen LogP contribution < -0.4 is 15.0 Å². The molecular weight excluding hydrogens is 362 g/mol. The Bertz CT molecular complexity index is 925. The Hall–Kier alpha value is -2.15. The number of benzene rings is 1. The van der Waals surface area contributed by atoms with Crippen LogP contribution in [0.1, 0.15) is 61.4 Å². The molecule has 2 heterocycles. The third-order valence-corrected chi connectivity index (χ3v) is 6.57. The molecule has 6 nitrogen and oxygen atoms in total. The summed E-state index contributed by atoms with van der Waals surface area (Å²) in [6.45, 7) is 2.00. The van der Waals surface area contributed by atoms with Crippen LogP contribution in [0.4, 0.5) is 5.82 Å². The Balaban J connectivity index is 1.82. The smallest absolute Gasteiger partial charge is 0.271 e. The maximum Gasteiger partial charge on any atom is 0.271 e. The molecule has 0 amide bonds. The van der Waals surface area contributed by atoms with E-state index in [1.165, 1.54) is 19.3 Å². The molecule has 0 saturated heterocycles. The van der Waals surface area contributed by atoms with Gasteiger partial charge in [-0.1, -0.05) is 37.1 Å². The zero-order chi connectivity index (χ0) is 19.0. The molecule has 2 aliphatic rings. The number of nitrogens with zero attached hydrogens (tertiary/aromatic N) is 2. The number of fused-ring (bicyclic) bond motifs is 1. The first-order valence-electron chi connectivity index (χ1n) is 9.40. The van der Waals surface area contributed by atoms with Crippen molar-refractivity contribution in [3.8, 4) is 11.5 Å². The molecule has 1 N–H and O–H groups in total. The fourth-order valence-corrected chi connectivity index (χ4v) is 5.20. The first-order valence-corrected chi connectivity index (χ1v) is 10.3. The predicted molar refractivity (Wildman–Crippen MR) is 109 cm³/mol. The number of aromatic nitrogens is 2. The lowest BCUT2D eigenvalue weighted by molar-refractivity contribution is 0.331. The van der Waals surface area contributed by atoms with Crippen LogP contribution >= 0.6 is 11.8 Å². The van der Waals surface area contributed by atoms with Crippen molar-refractivity contribution >= 4 is 22.6 Å². The zero-order valence-electron chi connectivity index (χ0n) is 15.9. The number of nitrogens with one attached hydrogen (secondary N) is 1. The van der Waals surface area contributed by atoms with Gasteiger partial charge in [-0.15, -0.1) is 0 Å². The van der Waals surface area contributed by atoms with Crippen LogP contribution in [0.3, 0.4) is 0 Å². The van der Waals surface area contributed by atoms with Crippen molar-refractivity contribution in [1.29, 1.82) is 0 Å². The van der Waals surface area contributed by atoms with Gasteiger partial charge in [0.1, 0.15) is 11.5 Å². The zero-order valence-corrected chi connectivity index (χ0v) is 16.8. The average molecular weight is 388 g/mol. The number of hydrogen-bond donors (Lipinski definition) is 1. The van der Waals surface area contributed by atoms with Gasteiger partial charge >= 0.3 is 0 Å². The summed E-state index contributed by atoms with van der Waals surface area (Å²) in [5.74, 6) is 2.24. The van der Waals surface area contributed by atoms with E-state index in [1.54, 1.807) is 26.0 Å². The molecule has 7 heteroatoms. The van der Waals surface area contributed by atoms with Gasteiger partial charge in [0.15, 0.2) is 5.82 Å². The number of methoxy groups -OCH3 is 2. The van der Waals surface area contributed by atoms with Crippen LogP contribution in [0, 0.1) is 0 Å². The van der Waals surface area contributed by atoms with Gasteiger partial charge in [-0.05, 0) is 25.8 Å². The van der Waals surface area contributed by atoms with E-state index >= 15 is 0 Å². The van der Waals surface area contributed by atoms with Crippen LogP contribution in [-0.2, 0) is 0 Å². The maximum absolute atomic E-state index is 12.9. The molecule has 0 unspecified atom stereocenters. The van der Waals surface area contributed by atoms with Crippen LogP contribution in [0.15, 0.2) is 28.0 Å². The molecule has 1 aliphatic carbocycles. The molecule has 27 heavy (non-hydrogen) atoms. The summed E-state index contributed by atoms with van der Waals surface area (Å²) in [4.78, 5) is 17.7. The summed E-state index contributed by atoms with van der Waals surface area (Å²) in [6, 6.07) is 6.08. The van der Waals surface area contributed by atoms with Gasteiger partial charge in [-0.2, -0.15) is 0 Å². The minimum atomic E-state index is -0.146. The average Bonchev–Trinajstić information content (AvgIpc) is 3.03. The highest BCUT2D eigenvalue weighted by Crippen LogP contribution is 2.48. The van der Waals surface area contributed by atoms with Crippen LogP contribution in [0.25, 0.3) is 0 Å². The second kappa shape index (κ2) is 7.46. The number of rotatable bonds is 4. The molecular formula is C20H25N3O3S. The van der Waals surface area contributed by atoms with Crippen molar-refractivity contribution in [1.82, 2.24) is 9.78 Å². The molecule has 0 radical (unpaired) electrons. The van der Waals surface area contributed by atoms with E-state index < -0.39 is 0 Å². The van der Waals surface area contributed by atoms with Gasteiger partial charge < -0.3 is 9.47 Å². The topological polar surface area (TPSA) is 68.6 Å². The van der Waals surface area contributed by atoms with E-state index in [4.69, 9.17) is 14.5 Å². The van der Waals surface area contributed by atoms with Gasteiger partial charge in [0.2, 0.25) is 0 Å². The van der Waals surface area contributed by atoms with Crippen molar-refractivity contribution in [3.05, 3.63) is 39.7 Å². The largest absolute Gasteiger partial charge is 0.497 e. The molecule has 1 aromatic carbocycles. The number of aliphatic imine (C=N–C) groups is 1. The summed E-state index contributed by atoms with van der Waals surface area (Å²) >= 11 is 1.60. The van der Waals surface area contributed by atoms with Crippen molar-refractivity contribution in [2.75, 3.05) is 14.2 Å². The fourth-order valence-electron chi connectivity index (χ4n) is 4.07. The third-order valence-electron chi connectivity index (χ3n) is 5.41.